The van der Waals surface area contributed by atoms with E-state index in [9.17, 15) is 28.8 Å². The molecule has 224 valence electrons. The summed E-state index contributed by atoms with van der Waals surface area (Å²) in [7, 11) is 1.67. The van der Waals surface area contributed by atoms with Crippen molar-refractivity contribution in [1.29, 1.82) is 0 Å². The number of carbonyl (C=O) groups excluding carboxylic acids is 6. The van der Waals surface area contributed by atoms with Crippen LogP contribution in [0, 0.1) is 0 Å². The van der Waals surface area contributed by atoms with E-state index in [-0.39, 0.29) is 82.1 Å². The van der Waals surface area contributed by atoms with Crippen LogP contribution in [0.15, 0.2) is 24.3 Å². The van der Waals surface area contributed by atoms with Gasteiger partial charge in [0, 0.05) is 24.0 Å². The van der Waals surface area contributed by atoms with Gasteiger partial charge in [-0.3, -0.25) is 19.2 Å². The maximum Gasteiger partial charge on any atom is 0.333 e. The molecule has 12 nitrogen and oxygen atoms in total. The van der Waals surface area contributed by atoms with Crippen LogP contribution in [-0.2, 0) is 57.2 Å². The lowest BCUT2D eigenvalue weighted by Crippen LogP contribution is -2.39. The standard InChI is InChI=1S/C27H41BO12/c1-18(2)24(33)37-16-14-35-21(30)9-8-20(29)26(5,6)39-13-12-27(7,28)40-23(32)11-10-22(31)36-15-17-38-25(34)19(3)4/h1,3,8-17,28H2,2,4-7H3. The van der Waals surface area contributed by atoms with Gasteiger partial charge in [0.1, 0.15) is 32.0 Å². The van der Waals surface area contributed by atoms with Crippen molar-refractivity contribution in [2.24, 2.45) is 0 Å². The van der Waals surface area contributed by atoms with E-state index < -0.39 is 40.9 Å². The average Bonchev–Trinajstić information content (AvgIpc) is 2.85. The molecule has 0 aromatic carbocycles. The van der Waals surface area contributed by atoms with Crippen molar-refractivity contribution in [2.45, 2.75) is 77.8 Å². The van der Waals surface area contributed by atoms with Crippen LogP contribution in [0.5, 0.6) is 0 Å². The van der Waals surface area contributed by atoms with Crippen LogP contribution in [0.25, 0.3) is 0 Å². The van der Waals surface area contributed by atoms with E-state index in [0.29, 0.717) is 0 Å². The van der Waals surface area contributed by atoms with Crippen LogP contribution in [0.4, 0.5) is 0 Å². The summed E-state index contributed by atoms with van der Waals surface area (Å²) in [5.41, 5.74) is -1.67. The zero-order chi connectivity index (χ0) is 30.9. The van der Waals surface area contributed by atoms with Crippen molar-refractivity contribution in [2.75, 3.05) is 33.0 Å². The summed E-state index contributed by atoms with van der Waals surface area (Å²) >= 11 is 0. The van der Waals surface area contributed by atoms with E-state index in [2.05, 4.69) is 13.2 Å². The average molecular weight is 568 g/mol. The predicted octanol–water partition coefficient (Wildman–Crippen LogP) is 1.52. The lowest BCUT2D eigenvalue weighted by molar-refractivity contribution is -0.158. The van der Waals surface area contributed by atoms with Crippen molar-refractivity contribution in [1.82, 2.24) is 0 Å². The Morgan fingerprint density at radius 3 is 1.48 bits per heavy atom. The Bertz CT molecular complexity index is 951. The Hall–Kier alpha value is -3.48. The van der Waals surface area contributed by atoms with E-state index in [0.717, 1.165) is 0 Å². The zero-order valence-electron chi connectivity index (χ0n) is 24.4. The van der Waals surface area contributed by atoms with Gasteiger partial charge in [0.25, 0.3) is 0 Å². The third-order valence-corrected chi connectivity index (χ3v) is 5.17. The third kappa shape index (κ3) is 17.2. The lowest BCUT2D eigenvalue weighted by atomic mass is 9.80. The van der Waals surface area contributed by atoms with Crippen LogP contribution in [0.3, 0.4) is 0 Å². The molecule has 0 fully saturated rings. The summed E-state index contributed by atoms with van der Waals surface area (Å²) in [6.07, 6.45) is -0.416. The molecular formula is C27H41BO12. The molecule has 0 spiro atoms. The number of rotatable bonds is 20. The second kappa shape index (κ2) is 18.0. The Morgan fingerprint density at radius 1 is 0.625 bits per heavy atom. The highest BCUT2D eigenvalue weighted by molar-refractivity contribution is 6.15. The molecule has 0 N–H and O–H groups in total. The number of carbonyl (C=O) groups is 6. The van der Waals surface area contributed by atoms with E-state index in [4.69, 9.17) is 28.4 Å². The largest absolute Gasteiger partial charge is 0.469 e. The second-order valence-corrected chi connectivity index (χ2v) is 10.0. The van der Waals surface area contributed by atoms with Gasteiger partial charge in [-0.15, -0.1) is 0 Å². The zero-order valence-corrected chi connectivity index (χ0v) is 24.4. The van der Waals surface area contributed by atoms with Gasteiger partial charge >= 0.3 is 29.8 Å². The first-order chi connectivity index (χ1) is 18.5. The highest BCUT2D eigenvalue weighted by atomic mass is 16.6. The summed E-state index contributed by atoms with van der Waals surface area (Å²) in [6.45, 7) is 14.3. The molecular weight excluding hydrogens is 527 g/mol. The monoisotopic (exact) mass is 568 g/mol. The number of hydrogen-bond acceptors (Lipinski definition) is 12. The Kier molecular flexibility index (Phi) is 16.4. The van der Waals surface area contributed by atoms with Gasteiger partial charge in [-0.1, -0.05) is 13.2 Å². The smallest absolute Gasteiger partial charge is 0.333 e. The van der Waals surface area contributed by atoms with Crippen LogP contribution in [0.1, 0.15) is 66.7 Å². The fourth-order valence-corrected chi connectivity index (χ4v) is 2.73. The highest BCUT2D eigenvalue weighted by Gasteiger charge is 2.30. The molecule has 0 aromatic heterocycles. The fraction of sp³-hybridized carbons (Fsp3) is 0.630. The maximum atomic E-state index is 12.5. The van der Waals surface area contributed by atoms with Gasteiger partial charge in [0.05, 0.1) is 31.4 Å². The molecule has 0 bridgehead atoms. The summed E-state index contributed by atoms with van der Waals surface area (Å²) in [4.78, 5) is 70.8. The Morgan fingerprint density at radius 2 is 1.02 bits per heavy atom. The molecule has 13 heteroatoms. The van der Waals surface area contributed by atoms with Gasteiger partial charge in [-0.2, -0.15) is 0 Å². The number of esters is 5. The third-order valence-electron chi connectivity index (χ3n) is 5.17. The quantitative estimate of drug-likeness (QED) is 0.0687. The van der Waals surface area contributed by atoms with Crippen molar-refractivity contribution in [3.8, 4) is 0 Å². The molecule has 0 aromatic rings. The van der Waals surface area contributed by atoms with E-state index in [1.54, 1.807) is 28.6 Å². The van der Waals surface area contributed by atoms with E-state index in [1.165, 1.54) is 13.8 Å². The lowest BCUT2D eigenvalue weighted by Gasteiger charge is -2.29. The normalized spacial score (nSPS) is 12.3. The number of hydrogen-bond donors (Lipinski definition) is 0. The van der Waals surface area contributed by atoms with E-state index >= 15 is 0 Å². The van der Waals surface area contributed by atoms with Crippen LogP contribution in [-0.4, -0.2) is 87.6 Å². The van der Waals surface area contributed by atoms with Crippen molar-refractivity contribution in [3.63, 3.8) is 0 Å². The summed E-state index contributed by atoms with van der Waals surface area (Å²) in [5, 5.41) is 0. The molecule has 0 aliphatic carbocycles. The summed E-state index contributed by atoms with van der Waals surface area (Å²) < 4.78 is 30.6. The molecule has 0 heterocycles. The van der Waals surface area contributed by atoms with E-state index in [1.807, 2.05) is 0 Å². The highest BCUT2D eigenvalue weighted by Crippen LogP contribution is 2.19. The first-order valence-electron chi connectivity index (χ1n) is 12.8. The van der Waals surface area contributed by atoms with Gasteiger partial charge < -0.3 is 28.4 Å². The number of Topliss-reactive ketones (excluding diaryl/α,β-unsaturated/α-hetero) is 1. The predicted molar refractivity (Wildman–Crippen MR) is 145 cm³/mol. The minimum Gasteiger partial charge on any atom is -0.469 e. The van der Waals surface area contributed by atoms with Crippen LogP contribution in [0.2, 0.25) is 0 Å². The van der Waals surface area contributed by atoms with Crippen LogP contribution < -0.4 is 0 Å². The van der Waals surface area contributed by atoms with Crippen molar-refractivity contribution < 1.29 is 57.2 Å². The van der Waals surface area contributed by atoms with Crippen molar-refractivity contribution in [3.05, 3.63) is 24.3 Å². The first kappa shape index (κ1) is 36.5. The van der Waals surface area contributed by atoms with Gasteiger partial charge in [0.15, 0.2) is 13.6 Å². The molecule has 0 aliphatic rings. The SMILES string of the molecule is BC(C)(CCOC(C)(C)C(=O)CCC(=O)OCCOC(=O)C(=C)C)OC(=O)CCC(=O)OCCOC(=O)C(=C)C. The molecule has 0 saturated heterocycles. The van der Waals surface area contributed by atoms with Gasteiger partial charge in [0.2, 0.25) is 0 Å². The summed E-state index contributed by atoms with van der Waals surface area (Å²) in [5.74, 6) is -3.35. The van der Waals surface area contributed by atoms with Gasteiger partial charge in [-0.25, -0.2) is 9.59 Å². The number of ketones is 1. The molecule has 40 heavy (non-hydrogen) atoms. The molecule has 0 amide bonds. The topological polar surface area (TPSA) is 158 Å². The molecule has 1 atom stereocenters. The molecule has 1 unspecified atom stereocenters. The molecule has 0 rings (SSSR count). The van der Waals surface area contributed by atoms with Gasteiger partial charge in [-0.05, 0) is 34.6 Å². The fourth-order valence-electron chi connectivity index (χ4n) is 2.73. The van der Waals surface area contributed by atoms with Crippen molar-refractivity contribution >= 4 is 43.5 Å². The second-order valence-electron chi connectivity index (χ2n) is 10.0. The minimum absolute atomic E-state index is 0.0858. The Labute approximate surface area is 236 Å². The molecule has 0 aliphatic heterocycles. The minimum atomic E-state index is -1.19. The van der Waals surface area contributed by atoms with Crippen LogP contribution >= 0.6 is 0 Å². The Balaban J connectivity index is 4.26. The molecule has 0 saturated carbocycles. The molecule has 0 radical (unpaired) electrons. The first-order valence-corrected chi connectivity index (χ1v) is 12.8. The number of ether oxygens (including phenoxy) is 6. The summed E-state index contributed by atoms with van der Waals surface area (Å²) in [6, 6.07) is 0. The maximum absolute atomic E-state index is 12.5.